The van der Waals surface area contributed by atoms with Crippen LogP contribution in [-0.4, -0.2) is 44.3 Å². The van der Waals surface area contributed by atoms with Crippen molar-refractivity contribution in [1.82, 2.24) is 10.2 Å². The molecule has 4 rings (SSSR count). The number of hydrogen-bond donors (Lipinski definition) is 1. The Hall–Kier alpha value is -4.14. The Kier molecular flexibility index (Phi) is 11.2. The first-order valence-electron chi connectivity index (χ1n) is 14.6. The Labute approximate surface area is 265 Å². The highest BCUT2D eigenvalue weighted by Gasteiger charge is 2.35. The normalized spacial score (nSPS) is 11.9. The molecule has 1 N–H and O–H groups in total. The molecule has 0 aliphatic carbocycles. The Balaban J connectivity index is 1.81. The standard InChI is InChI=1S/C35H38ClN3O4S/c1-4-21-37-35(41)33(23-28-11-7-5-8-12-28)38(24-29-17-19-30(36)20-18-29)34(40)25-39(32-22-26(2)15-16-27(32)3)44(42,43)31-13-9-6-10-14-31/h5-20,22,33H,4,21,23-25H2,1-3H3,(H,37,41)/t33-/m1/s1. The lowest BCUT2D eigenvalue weighted by Crippen LogP contribution is -2.53. The van der Waals surface area contributed by atoms with Gasteiger partial charge in [-0.1, -0.05) is 91.3 Å². The third-order valence-corrected chi connectivity index (χ3v) is 9.36. The summed E-state index contributed by atoms with van der Waals surface area (Å²) in [5.41, 5.74) is 3.59. The van der Waals surface area contributed by atoms with Crippen LogP contribution in [0.4, 0.5) is 5.69 Å². The maximum Gasteiger partial charge on any atom is 0.264 e. The quantitative estimate of drug-likeness (QED) is 0.187. The van der Waals surface area contributed by atoms with Gasteiger partial charge in [-0.25, -0.2) is 8.42 Å². The maximum atomic E-state index is 14.5. The number of anilines is 1. The third kappa shape index (κ3) is 8.27. The number of halogens is 1. The Morgan fingerprint density at radius 3 is 2.11 bits per heavy atom. The smallest absolute Gasteiger partial charge is 0.264 e. The molecule has 44 heavy (non-hydrogen) atoms. The van der Waals surface area contributed by atoms with Gasteiger partial charge in [0.25, 0.3) is 10.0 Å². The molecule has 0 heterocycles. The summed E-state index contributed by atoms with van der Waals surface area (Å²) >= 11 is 6.14. The summed E-state index contributed by atoms with van der Waals surface area (Å²) in [5.74, 6) is -0.810. The lowest BCUT2D eigenvalue weighted by atomic mass is 10.0. The zero-order valence-electron chi connectivity index (χ0n) is 25.2. The van der Waals surface area contributed by atoms with Crippen LogP contribution in [0.2, 0.25) is 5.02 Å². The van der Waals surface area contributed by atoms with Crippen molar-refractivity contribution in [1.29, 1.82) is 0 Å². The van der Waals surface area contributed by atoms with E-state index in [-0.39, 0.29) is 23.8 Å². The molecule has 4 aromatic carbocycles. The Morgan fingerprint density at radius 2 is 1.48 bits per heavy atom. The van der Waals surface area contributed by atoms with Crippen LogP contribution in [0.5, 0.6) is 0 Å². The molecule has 4 aromatic rings. The molecule has 0 radical (unpaired) electrons. The van der Waals surface area contributed by atoms with Crippen molar-refractivity contribution in [2.75, 3.05) is 17.4 Å². The topological polar surface area (TPSA) is 86.8 Å². The molecular formula is C35H38ClN3O4S. The number of amides is 2. The minimum atomic E-state index is -4.15. The molecular weight excluding hydrogens is 594 g/mol. The van der Waals surface area contributed by atoms with E-state index in [0.29, 0.717) is 22.8 Å². The molecule has 230 valence electrons. The zero-order chi connectivity index (χ0) is 31.7. The molecule has 0 spiro atoms. The van der Waals surface area contributed by atoms with Crippen molar-refractivity contribution in [3.05, 3.63) is 130 Å². The average molecular weight is 632 g/mol. The molecule has 7 nitrogen and oxygen atoms in total. The number of nitrogens with one attached hydrogen (secondary N) is 1. The van der Waals surface area contributed by atoms with E-state index in [1.54, 1.807) is 48.5 Å². The molecule has 0 aromatic heterocycles. The number of carbonyl (C=O) groups is 2. The van der Waals surface area contributed by atoms with E-state index < -0.39 is 28.5 Å². The van der Waals surface area contributed by atoms with Gasteiger partial charge < -0.3 is 10.2 Å². The molecule has 0 saturated carbocycles. The fourth-order valence-corrected chi connectivity index (χ4v) is 6.55. The van der Waals surface area contributed by atoms with E-state index in [0.717, 1.165) is 27.4 Å². The third-order valence-electron chi connectivity index (χ3n) is 7.33. The number of sulfonamides is 1. The molecule has 0 bridgehead atoms. The van der Waals surface area contributed by atoms with Crippen molar-refractivity contribution < 1.29 is 18.0 Å². The van der Waals surface area contributed by atoms with E-state index in [1.807, 2.05) is 63.2 Å². The van der Waals surface area contributed by atoms with E-state index >= 15 is 0 Å². The fourth-order valence-electron chi connectivity index (χ4n) is 4.93. The van der Waals surface area contributed by atoms with Gasteiger partial charge >= 0.3 is 0 Å². The number of hydrogen-bond acceptors (Lipinski definition) is 4. The fraction of sp³-hybridized carbons (Fsp3) is 0.257. The molecule has 0 aliphatic heterocycles. The average Bonchev–Trinajstić information content (AvgIpc) is 3.03. The van der Waals surface area contributed by atoms with Crippen molar-refractivity contribution in [3.8, 4) is 0 Å². The first-order chi connectivity index (χ1) is 21.1. The van der Waals surface area contributed by atoms with Crippen LogP contribution in [0.15, 0.2) is 108 Å². The zero-order valence-corrected chi connectivity index (χ0v) is 26.8. The van der Waals surface area contributed by atoms with Gasteiger partial charge in [0.1, 0.15) is 12.6 Å². The van der Waals surface area contributed by atoms with Crippen LogP contribution >= 0.6 is 11.6 Å². The molecule has 0 unspecified atom stereocenters. The highest BCUT2D eigenvalue weighted by Crippen LogP contribution is 2.29. The van der Waals surface area contributed by atoms with Gasteiger partial charge in [0.15, 0.2) is 0 Å². The van der Waals surface area contributed by atoms with Crippen LogP contribution in [-0.2, 0) is 32.6 Å². The monoisotopic (exact) mass is 631 g/mol. The molecule has 2 amide bonds. The van der Waals surface area contributed by atoms with Crippen molar-refractivity contribution >= 4 is 39.1 Å². The first kappa shape index (κ1) is 32.8. The predicted molar refractivity (Wildman–Crippen MR) is 176 cm³/mol. The van der Waals surface area contributed by atoms with Gasteiger partial charge in [0, 0.05) is 24.5 Å². The second-order valence-corrected chi connectivity index (χ2v) is 13.1. The van der Waals surface area contributed by atoms with Crippen LogP contribution in [0.1, 0.15) is 35.6 Å². The number of benzene rings is 4. The Bertz CT molecular complexity index is 1660. The molecule has 1 atom stereocenters. The van der Waals surface area contributed by atoms with Gasteiger partial charge in [0.2, 0.25) is 11.8 Å². The van der Waals surface area contributed by atoms with Crippen molar-refractivity contribution in [2.45, 2.75) is 51.1 Å². The summed E-state index contributed by atoms with van der Waals surface area (Å²) in [7, 11) is -4.15. The summed E-state index contributed by atoms with van der Waals surface area (Å²) in [6.07, 6.45) is 0.981. The second-order valence-electron chi connectivity index (χ2n) is 10.8. The minimum absolute atomic E-state index is 0.0690. The van der Waals surface area contributed by atoms with Gasteiger partial charge in [-0.15, -0.1) is 0 Å². The van der Waals surface area contributed by atoms with Crippen molar-refractivity contribution in [2.24, 2.45) is 0 Å². The molecule has 0 fully saturated rings. The summed E-state index contributed by atoms with van der Waals surface area (Å²) < 4.78 is 29.5. The van der Waals surface area contributed by atoms with Crippen LogP contribution in [0, 0.1) is 13.8 Å². The molecule has 0 saturated heterocycles. The number of rotatable bonds is 13. The summed E-state index contributed by atoms with van der Waals surface area (Å²) in [5, 5.41) is 3.50. The lowest BCUT2D eigenvalue weighted by Gasteiger charge is -2.34. The summed E-state index contributed by atoms with van der Waals surface area (Å²) in [6, 6.07) is 29.2. The lowest BCUT2D eigenvalue weighted by molar-refractivity contribution is -0.140. The van der Waals surface area contributed by atoms with Crippen LogP contribution < -0.4 is 9.62 Å². The molecule has 9 heteroatoms. The number of aryl methyl sites for hydroxylation is 2. The summed E-state index contributed by atoms with van der Waals surface area (Å²) in [6.45, 7) is 5.68. The van der Waals surface area contributed by atoms with E-state index in [9.17, 15) is 18.0 Å². The van der Waals surface area contributed by atoms with Crippen molar-refractivity contribution in [3.63, 3.8) is 0 Å². The maximum absolute atomic E-state index is 14.5. The van der Waals surface area contributed by atoms with Gasteiger partial charge in [-0.2, -0.15) is 0 Å². The van der Waals surface area contributed by atoms with E-state index in [2.05, 4.69) is 5.32 Å². The van der Waals surface area contributed by atoms with Gasteiger partial charge in [-0.05, 0) is 72.9 Å². The number of carbonyl (C=O) groups excluding carboxylic acids is 2. The highest BCUT2D eigenvalue weighted by molar-refractivity contribution is 7.92. The van der Waals surface area contributed by atoms with E-state index in [1.165, 1.54) is 17.0 Å². The Morgan fingerprint density at radius 1 is 0.841 bits per heavy atom. The SMILES string of the molecule is CCCNC(=O)[C@@H](Cc1ccccc1)N(Cc1ccc(Cl)cc1)C(=O)CN(c1cc(C)ccc1C)S(=O)(=O)c1ccccc1. The molecule has 0 aliphatic rings. The largest absolute Gasteiger partial charge is 0.354 e. The minimum Gasteiger partial charge on any atom is -0.354 e. The van der Waals surface area contributed by atoms with E-state index in [4.69, 9.17) is 11.6 Å². The first-order valence-corrected chi connectivity index (χ1v) is 16.4. The van der Waals surface area contributed by atoms with Crippen LogP contribution in [0.3, 0.4) is 0 Å². The highest BCUT2D eigenvalue weighted by atomic mass is 35.5. The summed E-state index contributed by atoms with van der Waals surface area (Å²) in [4.78, 5) is 29.8. The van der Waals surface area contributed by atoms with Crippen LogP contribution in [0.25, 0.3) is 0 Å². The second kappa shape index (κ2) is 15.0. The van der Waals surface area contributed by atoms with Gasteiger partial charge in [-0.3, -0.25) is 13.9 Å². The predicted octanol–water partition coefficient (Wildman–Crippen LogP) is 6.32. The van der Waals surface area contributed by atoms with Gasteiger partial charge in [0.05, 0.1) is 10.6 Å². The number of nitrogens with zero attached hydrogens (tertiary/aromatic N) is 2.